The lowest BCUT2D eigenvalue weighted by atomic mass is 9.96. The molecule has 0 bridgehead atoms. The van der Waals surface area contributed by atoms with Crippen LogP contribution in [-0.2, 0) is 0 Å². The molecule has 1 amide bonds. The molecular weight excluding hydrogens is 310 g/mol. The molecule has 7 heteroatoms. The number of nitrogens with zero attached hydrogens (tertiary/aromatic N) is 2. The number of ether oxygens (including phenoxy) is 1. The Balaban J connectivity index is 2.05. The Bertz CT molecular complexity index is 583. The number of nitro benzene ring substituents is 1. The predicted octanol–water partition coefficient (Wildman–Crippen LogP) is 2.46. The van der Waals surface area contributed by atoms with E-state index in [2.05, 4.69) is 12.2 Å². The molecule has 1 saturated heterocycles. The van der Waals surface area contributed by atoms with E-state index >= 15 is 0 Å². The number of nitro groups is 1. The minimum absolute atomic E-state index is 0.150. The van der Waals surface area contributed by atoms with Crippen molar-refractivity contribution in [3.8, 4) is 5.75 Å². The number of nitrogens with one attached hydrogen (secondary N) is 1. The molecule has 0 atom stereocenters. The highest BCUT2D eigenvalue weighted by Gasteiger charge is 2.25. The first kappa shape index (κ1) is 18.2. The van der Waals surface area contributed by atoms with E-state index in [1.54, 1.807) is 17.9 Å². The van der Waals surface area contributed by atoms with E-state index in [1.165, 1.54) is 12.1 Å². The van der Waals surface area contributed by atoms with Crippen LogP contribution in [0.3, 0.4) is 0 Å². The Morgan fingerprint density at radius 2 is 2.08 bits per heavy atom. The quantitative estimate of drug-likeness (QED) is 0.611. The molecule has 1 aliphatic heterocycles. The third kappa shape index (κ3) is 4.44. The van der Waals surface area contributed by atoms with Gasteiger partial charge in [0.1, 0.15) is 0 Å². The van der Waals surface area contributed by atoms with Crippen molar-refractivity contribution < 1.29 is 14.5 Å². The van der Waals surface area contributed by atoms with E-state index in [0.717, 1.165) is 25.9 Å². The SMILES string of the molecule is CCNCC1CCN(C(=O)c2ccc(OCC)c([N+](=O)[O-])c2)CC1. The Kier molecular flexibility index (Phi) is 6.54. The number of likely N-dealkylation sites (tertiary alicyclic amines) is 1. The van der Waals surface area contributed by atoms with Crippen LogP contribution in [0.2, 0.25) is 0 Å². The summed E-state index contributed by atoms with van der Waals surface area (Å²) in [5, 5.41) is 14.5. The van der Waals surface area contributed by atoms with Crippen LogP contribution in [0.15, 0.2) is 18.2 Å². The van der Waals surface area contributed by atoms with Gasteiger partial charge in [-0.2, -0.15) is 0 Å². The maximum Gasteiger partial charge on any atom is 0.311 e. The molecule has 0 unspecified atom stereocenters. The summed E-state index contributed by atoms with van der Waals surface area (Å²) in [5.74, 6) is 0.634. The fraction of sp³-hybridized carbons (Fsp3) is 0.588. The third-order valence-corrected chi connectivity index (χ3v) is 4.29. The first-order valence-electron chi connectivity index (χ1n) is 8.48. The van der Waals surface area contributed by atoms with Crippen LogP contribution in [0, 0.1) is 16.0 Å². The molecule has 1 N–H and O–H groups in total. The molecule has 1 fully saturated rings. The predicted molar refractivity (Wildman–Crippen MR) is 91.4 cm³/mol. The van der Waals surface area contributed by atoms with Crippen LogP contribution in [0.1, 0.15) is 37.0 Å². The summed E-state index contributed by atoms with van der Waals surface area (Å²) >= 11 is 0. The van der Waals surface area contributed by atoms with Crippen LogP contribution >= 0.6 is 0 Å². The zero-order valence-electron chi connectivity index (χ0n) is 14.3. The lowest BCUT2D eigenvalue weighted by molar-refractivity contribution is -0.385. The average molecular weight is 335 g/mol. The molecule has 0 aliphatic carbocycles. The van der Waals surface area contributed by atoms with Gasteiger partial charge in [0.2, 0.25) is 0 Å². The number of hydrogen-bond donors (Lipinski definition) is 1. The summed E-state index contributed by atoms with van der Waals surface area (Å²) in [7, 11) is 0. The number of rotatable bonds is 7. The fourth-order valence-electron chi connectivity index (χ4n) is 2.94. The van der Waals surface area contributed by atoms with Gasteiger partial charge in [0.15, 0.2) is 5.75 Å². The van der Waals surface area contributed by atoms with Crippen LogP contribution in [0.4, 0.5) is 5.69 Å². The average Bonchev–Trinajstić information content (AvgIpc) is 2.60. The minimum atomic E-state index is -0.509. The normalized spacial score (nSPS) is 15.3. The van der Waals surface area contributed by atoms with Crippen molar-refractivity contribution in [2.75, 3.05) is 32.8 Å². The Labute approximate surface area is 142 Å². The van der Waals surface area contributed by atoms with Crippen LogP contribution in [-0.4, -0.2) is 48.5 Å². The minimum Gasteiger partial charge on any atom is -0.487 e. The Hall–Kier alpha value is -2.15. The van der Waals surface area contributed by atoms with E-state index in [9.17, 15) is 14.9 Å². The van der Waals surface area contributed by atoms with Crippen LogP contribution < -0.4 is 10.1 Å². The van der Waals surface area contributed by atoms with Gasteiger partial charge in [0, 0.05) is 24.7 Å². The standard InChI is InChI=1S/C17H25N3O4/c1-3-18-12-13-7-9-19(10-8-13)17(21)14-5-6-16(24-4-2)15(11-14)20(22)23/h5-6,11,13,18H,3-4,7-10,12H2,1-2H3. The molecule has 132 valence electrons. The summed E-state index contributed by atoms with van der Waals surface area (Å²) in [6.45, 7) is 7.50. The number of carbonyl (C=O) groups excluding carboxylic acids is 1. The van der Waals surface area contributed by atoms with Gasteiger partial charge in [0.25, 0.3) is 5.91 Å². The third-order valence-electron chi connectivity index (χ3n) is 4.29. The monoisotopic (exact) mass is 335 g/mol. The fourth-order valence-corrected chi connectivity index (χ4v) is 2.94. The first-order valence-corrected chi connectivity index (χ1v) is 8.48. The van der Waals surface area contributed by atoms with Gasteiger partial charge in [-0.15, -0.1) is 0 Å². The summed E-state index contributed by atoms with van der Waals surface area (Å²) in [4.78, 5) is 25.1. The smallest absolute Gasteiger partial charge is 0.311 e. The number of benzene rings is 1. The van der Waals surface area contributed by atoms with Gasteiger partial charge in [-0.3, -0.25) is 14.9 Å². The molecule has 0 saturated carbocycles. The molecule has 0 aromatic heterocycles. The first-order chi connectivity index (χ1) is 11.6. The molecule has 1 aromatic carbocycles. The van der Waals surface area contributed by atoms with Crippen molar-refractivity contribution in [3.05, 3.63) is 33.9 Å². The van der Waals surface area contributed by atoms with Gasteiger partial charge >= 0.3 is 5.69 Å². The van der Waals surface area contributed by atoms with Crippen LogP contribution in [0.25, 0.3) is 0 Å². The van der Waals surface area contributed by atoms with Crippen molar-refractivity contribution in [1.82, 2.24) is 10.2 Å². The molecule has 0 spiro atoms. The zero-order valence-corrected chi connectivity index (χ0v) is 14.3. The summed E-state index contributed by atoms with van der Waals surface area (Å²) in [5.41, 5.74) is 0.181. The van der Waals surface area contributed by atoms with Crippen molar-refractivity contribution >= 4 is 11.6 Å². The van der Waals surface area contributed by atoms with E-state index in [4.69, 9.17) is 4.74 Å². The van der Waals surface area contributed by atoms with E-state index in [1.807, 2.05) is 0 Å². The molecule has 0 radical (unpaired) electrons. The van der Waals surface area contributed by atoms with Crippen molar-refractivity contribution in [3.63, 3.8) is 0 Å². The number of hydrogen-bond acceptors (Lipinski definition) is 5. The highest BCUT2D eigenvalue weighted by molar-refractivity contribution is 5.95. The molecule has 24 heavy (non-hydrogen) atoms. The number of carbonyl (C=O) groups is 1. The van der Waals surface area contributed by atoms with E-state index < -0.39 is 4.92 Å². The number of amides is 1. The summed E-state index contributed by atoms with van der Waals surface area (Å²) in [6.07, 6.45) is 1.91. The maximum atomic E-state index is 12.6. The second-order valence-electron chi connectivity index (χ2n) is 5.92. The highest BCUT2D eigenvalue weighted by Crippen LogP contribution is 2.29. The second kappa shape index (κ2) is 8.63. The molecule has 7 nitrogen and oxygen atoms in total. The van der Waals surface area contributed by atoms with E-state index in [0.29, 0.717) is 31.2 Å². The van der Waals surface area contributed by atoms with Crippen LogP contribution in [0.5, 0.6) is 5.75 Å². The van der Waals surface area contributed by atoms with Gasteiger partial charge < -0.3 is 15.0 Å². The van der Waals surface area contributed by atoms with Crippen molar-refractivity contribution in [2.45, 2.75) is 26.7 Å². The summed E-state index contributed by atoms with van der Waals surface area (Å²) < 4.78 is 5.26. The van der Waals surface area contributed by atoms with Gasteiger partial charge in [0.05, 0.1) is 11.5 Å². The molecule has 1 aliphatic rings. The maximum absolute atomic E-state index is 12.6. The summed E-state index contributed by atoms with van der Waals surface area (Å²) in [6, 6.07) is 4.43. The number of piperidine rings is 1. The topological polar surface area (TPSA) is 84.7 Å². The zero-order chi connectivity index (χ0) is 17.5. The largest absolute Gasteiger partial charge is 0.487 e. The Morgan fingerprint density at radius 3 is 2.67 bits per heavy atom. The molecule has 1 heterocycles. The van der Waals surface area contributed by atoms with Gasteiger partial charge in [-0.1, -0.05) is 6.92 Å². The lowest BCUT2D eigenvalue weighted by Gasteiger charge is -2.32. The lowest BCUT2D eigenvalue weighted by Crippen LogP contribution is -2.40. The molecular formula is C17H25N3O4. The van der Waals surface area contributed by atoms with Gasteiger partial charge in [-0.25, -0.2) is 0 Å². The Morgan fingerprint density at radius 1 is 1.38 bits per heavy atom. The van der Waals surface area contributed by atoms with Gasteiger partial charge in [-0.05, 0) is 50.9 Å². The van der Waals surface area contributed by atoms with Crippen molar-refractivity contribution in [1.29, 1.82) is 0 Å². The second-order valence-corrected chi connectivity index (χ2v) is 5.92. The van der Waals surface area contributed by atoms with E-state index in [-0.39, 0.29) is 17.3 Å². The van der Waals surface area contributed by atoms with Crippen molar-refractivity contribution in [2.24, 2.45) is 5.92 Å². The molecule has 2 rings (SSSR count). The molecule has 1 aromatic rings. The highest BCUT2D eigenvalue weighted by atomic mass is 16.6.